The molecule has 0 unspecified atom stereocenters. The van der Waals surface area contributed by atoms with E-state index in [1.54, 1.807) is 32.4 Å². The van der Waals surface area contributed by atoms with Gasteiger partial charge in [-0.3, -0.25) is 4.90 Å². The van der Waals surface area contributed by atoms with E-state index in [0.29, 0.717) is 30.3 Å². The molecule has 1 aliphatic rings. The van der Waals surface area contributed by atoms with Crippen molar-refractivity contribution in [1.82, 2.24) is 14.4 Å². The molecule has 1 aliphatic heterocycles. The molecule has 1 fully saturated rings. The topological polar surface area (TPSA) is 68.2 Å². The van der Waals surface area contributed by atoms with Crippen LogP contribution in [0.3, 0.4) is 0 Å². The quantitative estimate of drug-likeness (QED) is 0.681. The van der Waals surface area contributed by atoms with Crippen molar-refractivity contribution in [3.8, 4) is 11.5 Å². The summed E-state index contributed by atoms with van der Waals surface area (Å²) >= 11 is 0. The maximum Gasteiger partial charge on any atom is 0.322 e. The number of hydrogen-bond acceptors (Lipinski definition) is 5. The predicted octanol–water partition coefficient (Wildman–Crippen LogP) is 2.80. The first-order valence-corrected chi connectivity index (χ1v) is 10.3. The molecule has 0 bridgehead atoms. The summed E-state index contributed by atoms with van der Waals surface area (Å²) in [6.07, 6.45) is 2.89. The van der Waals surface area contributed by atoms with Crippen molar-refractivity contribution in [2.45, 2.75) is 13.0 Å². The number of anilines is 1. The predicted molar refractivity (Wildman–Crippen MR) is 116 cm³/mol. The van der Waals surface area contributed by atoms with Crippen LogP contribution in [0.4, 0.5) is 10.5 Å². The number of aryl methyl sites for hydroxylation is 1. The lowest BCUT2D eigenvalue weighted by Crippen LogP contribution is -2.40. The Labute approximate surface area is 178 Å². The first kappa shape index (κ1) is 22.0. The highest BCUT2D eigenvalue weighted by atomic mass is 16.5. The van der Waals surface area contributed by atoms with Gasteiger partial charge in [-0.15, -0.1) is 0 Å². The van der Waals surface area contributed by atoms with Crippen LogP contribution in [-0.4, -0.2) is 74.0 Å². The second kappa shape index (κ2) is 10.9. The molecule has 0 atom stereocenters. The summed E-state index contributed by atoms with van der Waals surface area (Å²) in [5.74, 6) is 1.26. The van der Waals surface area contributed by atoms with Crippen LogP contribution in [0.5, 0.6) is 11.5 Å². The normalized spacial score (nSPS) is 14.4. The molecule has 1 saturated heterocycles. The van der Waals surface area contributed by atoms with E-state index in [1.807, 2.05) is 34.8 Å². The van der Waals surface area contributed by atoms with Gasteiger partial charge in [0, 0.05) is 69.0 Å². The second-order valence-corrected chi connectivity index (χ2v) is 7.37. The van der Waals surface area contributed by atoms with Crippen LogP contribution in [-0.2, 0) is 18.3 Å². The summed E-state index contributed by atoms with van der Waals surface area (Å²) in [6.45, 7) is 5.62. The fourth-order valence-electron chi connectivity index (χ4n) is 3.50. The van der Waals surface area contributed by atoms with Gasteiger partial charge in [-0.1, -0.05) is 0 Å². The van der Waals surface area contributed by atoms with E-state index in [1.165, 1.54) is 0 Å². The maximum atomic E-state index is 13.1. The molecule has 1 N–H and O–H groups in total. The number of hydrogen-bond donors (Lipinski definition) is 1. The molecule has 2 heterocycles. The Hall–Kier alpha value is -2.71. The van der Waals surface area contributed by atoms with Gasteiger partial charge < -0.3 is 29.0 Å². The molecule has 2 amide bonds. The lowest BCUT2D eigenvalue weighted by atomic mass is 10.2. The number of amides is 2. The molecule has 0 radical (unpaired) electrons. The van der Waals surface area contributed by atoms with E-state index >= 15 is 0 Å². The first-order valence-electron chi connectivity index (χ1n) is 10.3. The third kappa shape index (κ3) is 6.14. The fourth-order valence-corrected chi connectivity index (χ4v) is 3.50. The summed E-state index contributed by atoms with van der Waals surface area (Å²) < 4.78 is 18.1. The van der Waals surface area contributed by atoms with E-state index < -0.39 is 0 Å². The van der Waals surface area contributed by atoms with Gasteiger partial charge in [-0.05, 0) is 18.6 Å². The number of nitrogens with zero attached hydrogens (tertiary/aromatic N) is 3. The fraction of sp³-hybridized carbons (Fsp3) is 0.500. The van der Waals surface area contributed by atoms with Crippen LogP contribution < -0.4 is 14.8 Å². The summed E-state index contributed by atoms with van der Waals surface area (Å²) in [5, 5.41) is 3.00. The van der Waals surface area contributed by atoms with E-state index in [2.05, 4.69) is 10.2 Å². The Morgan fingerprint density at radius 1 is 1.17 bits per heavy atom. The molecule has 0 saturated carbocycles. The van der Waals surface area contributed by atoms with Gasteiger partial charge in [0.15, 0.2) is 0 Å². The second-order valence-electron chi connectivity index (χ2n) is 7.37. The molecule has 0 aliphatic carbocycles. The monoisotopic (exact) mass is 416 g/mol. The third-order valence-corrected chi connectivity index (χ3v) is 5.30. The van der Waals surface area contributed by atoms with Crippen LogP contribution in [0.15, 0.2) is 36.5 Å². The molecule has 0 spiro atoms. The number of aromatic nitrogens is 1. The summed E-state index contributed by atoms with van der Waals surface area (Å²) in [6, 6.07) is 9.24. The minimum absolute atomic E-state index is 0.145. The molecule has 1 aromatic carbocycles. The molecule has 1 aromatic heterocycles. The molecular weight excluding hydrogens is 384 g/mol. The molecule has 8 heteroatoms. The lowest BCUT2D eigenvalue weighted by molar-refractivity contribution is 0.0365. The van der Waals surface area contributed by atoms with E-state index in [9.17, 15) is 4.79 Å². The van der Waals surface area contributed by atoms with Gasteiger partial charge >= 0.3 is 6.03 Å². The maximum absolute atomic E-state index is 13.1. The number of carbonyl (C=O) groups is 1. The minimum atomic E-state index is -0.145. The van der Waals surface area contributed by atoms with Crippen molar-refractivity contribution < 1.29 is 19.0 Å². The Morgan fingerprint density at radius 3 is 2.47 bits per heavy atom. The first-order chi connectivity index (χ1) is 14.6. The standard InChI is InChI=1S/C22H32N4O4/c1-24-7-4-6-19(24)17-26(9-5-8-25-10-12-30-13-11-25)22(27)23-18-14-20(28-2)16-21(15-18)29-3/h4,6-7,14-16H,5,8-13,17H2,1-3H3,(H,23,27). The van der Waals surface area contributed by atoms with Crippen molar-refractivity contribution in [3.05, 3.63) is 42.2 Å². The smallest absolute Gasteiger partial charge is 0.322 e. The van der Waals surface area contributed by atoms with Crippen molar-refractivity contribution in [2.24, 2.45) is 7.05 Å². The number of ether oxygens (including phenoxy) is 3. The van der Waals surface area contributed by atoms with Crippen LogP contribution in [0.25, 0.3) is 0 Å². The molecule has 30 heavy (non-hydrogen) atoms. The highest BCUT2D eigenvalue weighted by molar-refractivity contribution is 5.89. The van der Waals surface area contributed by atoms with Crippen LogP contribution in [0.2, 0.25) is 0 Å². The molecule has 8 nitrogen and oxygen atoms in total. The van der Waals surface area contributed by atoms with Crippen molar-refractivity contribution in [3.63, 3.8) is 0 Å². The van der Waals surface area contributed by atoms with E-state index in [4.69, 9.17) is 14.2 Å². The number of urea groups is 1. The Balaban J connectivity index is 1.66. The van der Waals surface area contributed by atoms with Gasteiger partial charge in [-0.2, -0.15) is 0 Å². The zero-order chi connectivity index (χ0) is 21.3. The largest absolute Gasteiger partial charge is 0.497 e. The Bertz CT molecular complexity index is 795. The average molecular weight is 417 g/mol. The van der Waals surface area contributed by atoms with Crippen LogP contribution >= 0.6 is 0 Å². The highest BCUT2D eigenvalue weighted by Gasteiger charge is 2.17. The van der Waals surface area contributed by atoms with Gasteiger partial charge in [0.05, 0.1) is 34.0 Å². The Kier molecular flexibility index (Phi) is 7.98. The van der Waals surface area contributed by atoms with Gasteiger partial charge in [-0.25, -0.2) is 4.79 Å². The molecule has 164 valence electrons. The lowest BCUT2D eigenvalue weighted by Gasteiger charge is -2.28. The number of carbonyl (C=O) groups excluding carboxylic acids is 1. The van der Waals surface area contributed by atoms with Crippen LogP contribution in [0, 0.1) is 0 Å². The van der Waals surface area contributed by atoms with Gasteiger partial charge in [0.1, 0.15) is 11.5 Å². The van der Waals surface area contributed by atoms with E-state index in [0.717, 1.165) is 45.0 Å². The number of morpholine rings is 1. The zero-order valence-electron chi connectivity index (χ0n) is 18.1. The third-order valence-electron chi connectivity index (χ3n) is 5.30. The number of rotatable bonds is 9. The van der Waals surface area contributed by atoms with Crippen LogP contribution in [0.1, 0.15) is 12.1 Å². The van der Waals surface area contributed by atoms with E-state index in [-0.39, 0.29) is 6.03 Å². The number of methoxy groups -OCH3 is 2. The summed E-state index contributed by atoms with van der Waals surface area (Å²) in [7, 11) is 5.17. The molecular formula is C22H32N4O4. The Morgan fingerprint density at radius 2 is 1.87 bits per heavy atom. The number of nitrogens with one attached hydrogen (secondary N) is 1. The summed E-state index contributed by atoms with van der Waals surface area (Å²) in [5.41, 5.74) is 1.72. The summed E-state index contributed by atoms with van der Waals surface area (Å²) in [4.78, 5) is 17.4. The molecule has 3 rings (SSSR count). The minimum Gasteiger partial charge on any atom is -0.497 e. The van der Waals surface area contributed by atoms with Gasteiger partial charge in [0.2, 0.25) is 0 Å². The highest BCUT2D eigenvalue weighted by Crippen LogP contribution is 2.26. The average Bonchev–Trinajstić information content (AvgIpc) is 3.17. The van der Waals surface area contributed by atoms with Gasteiger partial charge in [0.25, 0.3) is 0 Å². The van der Waals surface area contributed by atoms with Crippen molar-refractivity contribution >= 4 is 11.7 Å². The molecule has 2 aromatic rings. The van der Waals surface area contributed by atoms with Crippen molar-refractivity contribution in [1.29, 1.82) is 0 Å². The number of benzene rings is 1. The SMILES string of the molecule is COc1cc(NC(=O)N(CCCN2CCOCC2)Cc2cccn2C)cc(OC)c1. The zero-order valence-corrected chi connectivity index (χ0v) is 18.1. The van der Waals surface area contributed by atoms with Crippen molar-refractivity contribution in [2.75, 3.05) is 58.9 Å².